The lowest BCUT2D eigenvalue weighted by Gasteiger charge is -2.25. The summed E-state index contributed by atoms with van der Waals surface area (Å²) in [5, 5.41) is 7.59. The van der Waals surface area contributed by atoms with Gasteiger partial charge in [-0.1, -0.05) is 0 Å². The number of nitrogens with one attached hydrogen (secondary N) is 1. The lowest BCUT2D eigenvalue weighted by Crippen LogP contribution is -2.30. The molecule has 3 N–H and O–H groups in total. The van der Waals surface area contributed by atoms with Crippen LogP contribution in [0.5, 0.6) is 0 Å². The summed E-state index contributed by atoms with van der Waals surface area (Å²) in [4.78, 5) is 6.79. The quantitative estimate of drug-likeness (QED) is 0.586. The van der Waals surface area contributed by atoms with Gasteiger partial charge in [0, 0.05) is 18.3 Å². The third-order valence-electron chi connectivity index (χ3n) is 3.13. The van der Waals surface area contributed by atoms with E-state index in [0.29, 0.717) is 6.04 Å². The molecule has 0 bridgehead atoms. The van der Waals surface area contributed by atoms with Gasteiger partial charge in [-0.3, -0.25) is 5.41 Å². The van der Waals surface area contributed by atoms with Crippen molar-refractivity contribution in [1.29, 1.82) is 5.41 Å². The summed E-state index contributed by atoms with van der Waals surface area (Å²) in [6.45, 7) is 5.17. The Morgan fingerprint density at radius 1 is 1.56 bits per heavy atom. The van der Waals surface area contributed by atoms with E-state index in [9.17, 15) is 0 Å². The molecule has 2 rings (SSSR count). The summed E-state index contributed by atoms with van der Waals surface area (Å²) in [6, 6.07) is 4.29. The number of hydrogen-bond acceptors (Lipinski definition) is 3. The Morgan fingerprint density at radius 2 is 2.31 bits per heavy atom. The average Bonchev–Trinajstić information content (AvgIpc) is 2.63. The van der Waals surface area contributed by atoms with Crippen molar-refractivity contribution in [3.05, 3.63) is 23.4 Å². The zero-order valence-electron chi connectivity index (χ0n) is 9.83. The maximum atomic E-state index is 7.59. The number of pyridine rings is 1. The molecular formula is C12H18N4. The molecule has 16 heavy (non-hydrogen) atoms. The Morgan fingerprint density at radius 3 is 2.88 bits per heavy atom. The zero-order chi connectivity index (χ0) is 11.7. The molecular weight excluding hydrogens is 200 g/mol. The first-order chi connectivity index (χ1) is 7.59. The van der Waals surface area contributed by atoms with E-state index in [-0.39, 0.29) is 5.84 Å². The minimum absolute atomic E-state index is 0.0987. The first-order valence-electron chi connectivity index (χ1n) is 5.68. The van der Waals surface area contributed by atoms with E-state index >= 15 is 0 Å². The van der Waals surface area contributed by atoms with Crippen molar-refractivity contribution >= 4 is 11.7 Å². The number of hydrogen-bond donors (Lipinski definition) is 2. The van der Waals surface area contributed by atoms with Gasteiger partial charge in [-0.15, -0.1) is 0 Å². The maximum absolute atomic E-state index is 7.59. The van der Waals surface area contributed by atoms with Crippen LogP contribution >= 0.6 is 0 Å². The molecule has 0 aromatic carbocycles. The summed E-state index contributed by atoms with van der Waals surface area (Å²) in [5.74, 6) is 0.971. The van der Waals surface area contributed by atoms with Crippen LogP contribution in [0.1, 0.15) is 31.0 Å². The van der Waals surface area contributed by atoms with Gasteiger partial charge in [-0.2, -0.15) is 0 Å². The SMILES string of the molecule is Cc1ccc(C(=N)N)c(N2CCCC2C)n1. The highest BCUT2D eigenvalue weighted by Gasteiger charge is 2.24. The Hall–Kier alpha value is -1.58. The monoisotopic (exact) mass is 218 g/mol. The lowest BCUT2D eigenvalue weighted by molar-refractivity contribution is 0.725. The largest absolute Gasteiger partial charge is 0.384 e. The van der Waals surface area contributed by atoms with Crippen LogP contribution in [0.3, 0.4) is 0 Å². The van der Waals surface area contributed by atoms with E-state index < -0.39 is 0 Å². The van der Waals surface area contributed by atoms with E-state index in [1.54, 1.807) is 0 Å². The van der Waals surface area contributed by atoms with E-state index in [1.165, 1.54) is 12.8 Å². The van der Waals surface area contributed by atoms with Crippen molar-refractivity contribution < 1.29 is 0 Å². The number of aryl methyl sites for hydroxylation is 1. The van der Waals surface area contributed by atoms with Gasteiger partial charge in [-0.25, -0.2) is 4.98 Å². The normalized spacial score (nSPS) is 20.1. The molecule has 0 aliphatic carbocycles. The maximum Gasteiger partial charge on any atom is 0.140 e. The van der Waals surface area contributed by atoms with Crippen LogP contribution < -0.4 is 10.6 Å². The van der Waals surface area contributed by atoms with Gasteiger partial charge in [0.15, 0.2) is 0 Å². The minimum Gasteiger partial charge on any atom is -0.384 e. The molecule has 0 saturated carbocycles. The molecule has 0 amide bonds. The second-order valence-corrected chi connectivity index (χ2v) is 4.42. The molecule has 1 aromatic rings. The topological polar surface area (TPSA) is 66.0 Å². The molecule has 0 radical (unpaired) electrons. The van der Waals surface area contributed by atoms with Crippen LogP contribution in [0.4, 0.5) is 5.82 Å². The third-order valence-corrected chi connectivity index (χ3v) is 3.13. The van der Waals surface area contributed by atoms with Crippen LogP contribution in [0, 0.1) is 12.3 Å². The number of nitrogens with zero attached hydrogens (tertiary/aromatic N) is 2. The molecule has 1 unspecified atom stereocenters. The summed E-state index contributed by atoms with van der Waals surface area (Å²) in [7, 11) is 0. The van der Waals surface area contributed by atoms with Gasteiger partial charge >= 0.3 is 0 Å². The number of nitrogen functional groups attached to an aromatic ring is 1. The summed E-state index contributed by atoms with van der Waals surface area (Å²) in [5.41, 5.74) is 7.32. The van der Waals surface area contributed by atoms with Crippen LogP contribution in [-0.2, 0) is 0 Å². The molecule has 1 aliphatic heterocycles. The molecule has 1 atom stereocenters. The van der Waals surface area contributed by atoms with Crippen molar-refractivity contribution in [2.75, 3.05) is 11.4 Å². The molecule has 2 heterocycles. The number of rotatable bonds is 2. The first kappa shape index (κ1) is 10.9. The standard InChI is InChI=1S/C12H18N4/c1-8-5-6-10(11(13)14)12(15-8)16-7-3-4-9(16)2/h5-6,9H,3-4,7H2,1-2H3,(H3,13,14). The molecule has 1 saturated heterocycles. The van der Waals surface area contributed by atoms with Crippen LogP contribution in [0.2, 0.25) is 0 Å². The summed E-state index contributed by atoms with van der Waals surface area (Å²) in [6.07, 6.45) is 2.38. The van der Waals surface area contributed by atoms with Crippen LogP contribution in [-0.4, -0.2) is 23.4 Å². The highest BCUT2D eigenvalue weighted by atomic mass is 15.2. The molecule has 4 heteroatoms. The van der Waals surface area contributed by atoms with Crippen molar-refractivity contribution in [3.8, 4) is 0 Å². The summed E-state index contributed by atoms with van der Waals surface area (Å²) < 4.78 is 0. The van der Waals surface area contributed by atoms with Gasteiger partial charge in [0.2, 0.25) is 0 Å². The predicted octanol–water partition coefficient (Wildman–Crippen LogP) is 1.66. The molecule has 1 aliphatic rings. The number of aromatic nitrogens is 1. The second kappa shape index (κ2) is 4.12. The van der Waals surface area contributed by atoms with Crippen molar-refractivity contribution in [2.45, 2.75) is 32.7 Å². The first-order valence-corrected chi connectivity index (χ1v) is 5.68. The fourth-order valence-corrected chi connectivity index (χ4v) is 2.22. The zero-order valence-corrected chi connectivity index (χ0v) is 9.83. The number of amidine groups is 1. The van der Waals surface area contributed by atoms with E-state index in [2.05, 4.69) is 16.8 Å². The fraction of sp³-hybridized carbons (Fsp3) is 0.500. The van der Waals surface area contributed by atoms with Crippen LogP contribution in [0.15, 0.2) is 12.1 Å². The molecule has 4 nitrogen and oxygen atoms in total. The van der Waals surface area contributed by atoms with E-state index in [4.69, 9.17) is 11.1 Å². The average molecular weight is 218 g/mol. The minimum atomic E-state index is 0.0987. The number of anilines is 1. The molecule has 86 valence electrons. The van der Waals surface area contributed by atoms with Crippen molar-refractivity contribution in [2.24, 2.45) is 5.73 Å². The summed E-state index contributed by atoms with van der Waals surface area (Å²) >= 11 is 0. The van der Waals surface area contributed by atoms with Crippen LogP contribution in [0.25, 0.3) is 0 Å². The fourth-order valence-electron chi connectivity index (χ4n) is 2.22. The van der Waals surface area contributed by atoms with Crippen molar-refractivity contribution in [3.63, 3.8) is 0 Å². The third kappa shape index (κ3) is 1.87. The molecule has 1 aromatic heterocycles. The van der Waals surface area contributed by atoms with Gasteiger partial charge < -0.3 is 10.6 Å². The van der Waals surface area contributed by atoms with Gasteiger partial charge in [0.05, 0.1) is 5.56 Å². The highest BCUT2D eigenvalue weighted by molar-refractivity contribution is 5.99. The van der Waals surface area contributed by atoms with Gasteiger partial charge in [-0.05, 0) is 38.8 Å². The lowest BCUT2D eigenvalue weighted by atomic mass is 10.2. The highest BCUT2D eigenvalue weighted by Crippen LogP contribution is 2.26. The van der Waals surface area contributed by atoms with Gasteiger partial charge in [0.25, 0.3) is 0 Å². The second-order valence-electron chi connectivity index (χ2n) is 4.42. The predicted molar refractivity (Wildman–Crippen MR) is 66.0 cm³/mol. The smallest absolute Gasteiger partial charge is 0.140 e. The van der Waals surface area contributed by atoms with Crippen molar-refractivity contribution in [1.82, 2.24) is 4.98 Å². The molecule has 0 spiro atoms. The molecule has 1 fully saturated rings. The Balaban J connectivity index is 2.44. The Bertz CT molecular complexity index is 413. The Labute approximate surface area is 96.0 Å². The van der Waals surface area contributed by atoms with E-state index in [1.807, 2.05) is 19.1 Å². The van der Waals surface area contributed by atoms with E-state index in [0.717, 1.165) is 23.6 Å². The Kier molecular flexibility index (Phi) is 2.81. The number of nitrogens with two attached hydrogens (primary N) is 1. The van der Waals surface area contributed by atoms with Gasteiger partial charge in [0.1, 0.15) is 11.7 Å².